The summed E-state index contributed by atoms with van der Waals surface area (Å²) in [6, 6.07) is 3.76. The van der Waals surface area contributed by atoms with Gasteiger partial charge in [0.1, 0.15) is 5.56 Å². The molecule has 0 aliphatic heterocycles. The molecular weight excluding hydrogens is 187 g/mol. The number of benzene rings is 1. The number of phenols is 2. The van der Waals surface area contributed by atoms with Crippen molar-refractivity contribution < 1.29 is 20.1 Å². The number of aromatic carboxylic acids is 1. The normalized spacial score (nSPS) is 8.67. The first-order chi connectivity index (χ1) is 5.13. The van der Waals surface area contributed by atoms with E-state index in [1.165, 1.54) is 18.2 Å². The molecule has 1 aromatic rings. The number of para-hydroxylation sites is 1. The Morgan fingerprint density at radius 2 is 1.83 bits per heavy atom. The zero-order valence-electron chi connectivity index (χ0n) is 6.48. The molecule has 3 N–H and O–H groups in total. The third kappa shape index (κ3) is 2.46. The number of hydrogen-bond acceptors (Lipinski definition) is 3. The van der Waals surface area contributed by atoms with Crippen LogP contribution in [0.3, 0.4) is 0 Å². The average Bonchev–Trinajstić information content (AvgIpc) is 1.94. The molecule has 0 aliphatic carbocycles. The van der Waals surface area contributed by atoms with E-state index in [0.717, 1.165) is 0 Å². The first kappa shape index (κ1) is 11.9. The minimum absolute atomic E-state index is 0. The van der Waals surface area contributed by atoms with Crippen molar-refractivity contribution in [3.8, 4) is 11.5 Å². The summed E-state index contributed by atoms with van der Waals surface area (Å²) >= 11 is 0. The maximum absolute atomic E-state index is 10.3. The maximum Gasteiger partial charge on any atom is 0.339 e. The fourth-order valence-electron chi connectivity index (χ4n) is 0.704. The van der Waals surface area contributed by atoms with Crippen molar-refractivity contribution in [1.29, 1.82) is 0 Å². The van der Waals surface area contributed by atoms with E-state index in [2.05, 4.69) is 0 Å². The summed E-state index contributed by atoms with van der Waals surface area (Å²) in [7, 11) is 0. The summed E-state index contributed by atoms with van der Waals surface area (Å²) in [4.78, 5) is 10.3. The molecule has 59 valence electrons. The number of carbonyl (C=O) groups is 1. The summed E-state index contributed by atoms with van der Waals surface area (Å²) in [5.41, 5.74) is -0.301. The number of aromatic hydroxyl groups is 2. The number of rotatable bonds is 1. The molecule has 0 amide bonds. The second-order valence-corrected chi connectivity index (χ2v) is 1.98. The van der Waals surface area contributed by atoms with Crippen LogP contribution in [-0.2, 0) is 0 Å². The first-order valence-electron chi connectivity index (χ1n) is 2.87. The van der Waals surface area contributed by atoms with Crippen LogP contribution in [0.25, 0.3) is 0 Å². The third-order valence-corrected chi connectivity index (χ3v) is 1.25. The van der Waals surface area contributed by atoms with Crippen LogP contribution in [-0.4, -0.2) is 72.7 Å². The topological polar surface area (TPSA) is 77.8 Å². The van der Waals surface area contributed by atoms with Crippen LogP contribution in [0.1, 0.15) is 10.4 Å². The molecule has 1 rings (SSSR count). The van der Waals surface area contributed by atoms with Gasteiger partial charge in [0.2, 0.25) is 0 Å². The smallest absolute Gasteiger partial charge is 0.339 e. The minimum Gasteiger partial charge on any atom is -0.504 e. The molecule has 0 unspecified atom stereocenters. The molecule has 12 heavy (non-hydrogen) atoms. The van der Waals surface area contributed by atoms with Crippen molar-refractivity contribution in [3.63, 3.8) is 0 Å². The minimum atomic E-state index is -1.27. The van der Waals surface area contributed by atoms with E-state index in [-0.39, 0.29) is 56.9 Å². The van der Waals surface area contributed by atoms with Crippen molar-refractivity contribution in [2.75, 3.05) is 0 Å². The molecule has 0 saturated heterocycles. The Morgan fingerprint density at radius 3 is 2.25 bits per heavy atom. The number of phenolic OH excluding ortho intramolecular Hbond substituents is 1. The van der Waals surface area contributed by atoms with E-state index < -0.39 is 17.5 Å². The summed E-state index contributed by atoms with van der Waals surface area (Å²) in [6.07, 6.45) is 0. The monoisotopic (exact) mass is 193 g/mol. The van der Waals surface area contributed by atoms with Crippen molar-refractivity contribution in [3.05, 3.63) is 23.8 Å². The van der Waals surface area contributed by atoms with Gasteiger partial charge >= 0.3 is 5.97 Å². The zero-order valence-corrected chi connectivity index (χ0v) is 9.61. The SMILES string of the molecule is O=C(O)c1cccc(O)c1O.[K]. The van der Waals surface area contributed by atoms with Crippen LogP contribution in [0, 0.1) is 0 Å². The Kier molecular flexibility index (Phi) is 4.80. The van der Waals surface area contributed by atoms with Gasteiger partial charge in [0.15, 0.2) is 11.5 Å². The molecule has 0 heterocycles. The predicted octanol–water partition coefficient (Wildman–Crippen LogP) is 0.415. The van der Waals surface area contributed by atoms with E-state index in [9.17, 15) is 4.79 Å². The second kappa shape index (κ2) is 4.83. The van der Waals surface area contributed by atoms with Crippen molar-refractivity contribution in [1.82, 2.24) is 0 Å². The number of carboxylic acid groups (broad SMARTS) is 1. The fourth-order valence-corrected chi connectivity index (χ4v) is 0.704. The fraction of sp³-hybridized carbons (Fsp3) is 0. The van der Waals surface area contributed by atoms with Gasteiger partial charge in [-0.25, -0.2) is 4.79 Å². The van der Waals surface area contributed by atoms with Crippen LogP contribution in [0.15, 0.2) is 18.2 Å². The predicted molar refractivity (Wildman–Crippen MR) is 42.5 cm³/mol. The molecule has 0 saturated carbocycles. The Morgan fingerprint density at radius 1 is 1.25 bits per heavy atom. The van der Waals surface area contributed by atoms with Crippen LogP contribution in [0.2, 0.25) is 0 Å². The van der Waals surface area contributed by atoms with E-state index in [1.807, 2.05) is 0 Å². The molecule has 5 heteroatoms. The van der Waals surface area contributed by atoms with Gasteiger partial charge in [0.25, 0.3) is 0 Å². The van der Waals surface area contributed by atoms with Gasteiger partial charge in [-0.05, 0) is 12.1 Å². The largest absolute Gasteiger partial charge is 0.504 e. The molecule has 0 aliphatic rings. The Balaban J connectivity index is 0.00000121. The Hall–Kier alpha value is -0.0736. The molecule has 0 atom stereocenters. The van der Waals surface area contributed by atoms with Crippen molar-refractivity contribution in [2.45, 2.75) is 0 Å². The Labute approximate surface area is 111 Å². The van der Waals surface area contributed by atoms with E-state index in [1.54, 1.807) is 0 Å². The van der Waals surface area contributed by atoms with Crippen LogP contribution < -0.4 is 0 Å². The third-order valence-electron chi connectivity index (χ3n) is 1.25. The van der Waals surface area contributed by atoms with Gasteiger partial charge in [0, 0.05) is 51.4 Å². The first-order valence-corrected chi connectivity index (χ1v) is 2.87. The van der Waals surface area contributed by atoms with Gasteiger partial charge in [-0.2, -0.15) is 0 Å². The molecule has 4 nitrogen and oxygen atoms in total. The summed E-state index contributed by atoms with van der Waals surface area (Å²) in [5, 5.41) is 26.2. The molecule has 0 bridgehead atoms. The van der Waals surface area contributed by atoms with E-state index in [4.69, 9.17) is 15.3 Å². The zero-order chi connectivity index (χ0) is 8.43. The summed E-state index contributed by atoms with van der Waals surface area (Å²) < 4.78 is 0. The van der Waals surface area contributed by atoms with Crippen molar-refractivity contribution >= 4 is 57.4 Å². The Bertz CT molecular complexity index is 297. The average molecular weight is 193 g/mol. The maximum atomic E-state index is 10.3. The molecule has 0 spiro atoms. The van der Waals surface area contributed by atoms with Gasteiger partial charge < -0.3 is 15.3 Å². The molecule has 1 aromatic carbocycles. The summed E-state index contributed by atoms with van der Waals surface area (Å²) in [5.74, 6) is -2.29. The quantitative estimate of drug-likeness (QED) is 0.446. The van der Waals surface area contributed by atoms with Crippen LogP contribution >= 0.6 is 0 Å². The summed E-state index contributed by atoms with van der Waals surface area (Å²) in [6.45, 7) is 0. The number of hydrogen-bond donors (Lipinski definition) is 3. The van der Waals surface area contributed by atoms with E-state index >= 15 is 0 Å². The molecule has 1 radical (unpaired) electrons. The molecule has 0 fully saturated rings. The van der Waals surface area contributed by atoms with Gasteiger partial charge in [-0.3, -0.25) is 0 Å². The number of carboxylic acids is 1. The van der Waals surface area contributed by atoms with Gasteiger partial charge in [0.05, 0.1) is 0 Å². The van der Waals surface area contributed by atoms with Crippen molar-refractivity contribution in [2.24, 2.45) is 0 Å². The second-order valence-electron chi connectivity index (χ2n) is 1.98. The molecule has 0 aromatic heterocycles. The van der Waals surface area contributed by atoms with Crippen LogP contribution in [0.5, 0.6) is 11.5 Å². The molecular formula is C7H6KO4. The van der Waals surface area contributed by atoms with Gasteiger partial charge in [-0.15, -0.1) is 0 Å². The standard InChI is InChI=1S/C7H6O4.K/c8-5-3-1-2-4(6(5)9)7(10)11;/h1-3,8-9H,(H,10,11);. The van der Waals surface area contributed by atoms with Crippen LogP contribution in [0.4, 0.5) is 0 Å². The van der Waals surface area contributed by atoms with Gasteiger partial charge in [-0.1, -0.05) is 6.07 Å². The van der Waals surface area contributed by atoms with E-state index in [0.29, 0.717) is 0 Å².